The largest absolute Gasteiger partial charge is 0.381 e. The Bertz CT molecular complexity index is 559. The fourth-order valence-electron chi connectivity index (χ4n) is 1.77. The number of aryl methyl sites for hydroxylation is 1. The minimum absolute atomic E-state index is 0.0503. The Labute approximate surface area is 119 Å². The van der Waals surface area contributed by atoms with Crippen LogP contribution in [0, 0.1) is 0 Å². The van der Waals surface area contributed by atoms with Crippen LogP contribution < -0.4 is 11.1 Å². The first-order valence-corrected chi connectivity index (χ1v) is 7.70. The molecule has 0 aliphatic carbocycles. The smallest absolute Gasteiger partial charge is 0.262 e. The lowest BCUT2D eigenvalue weighted by Crippen LogP contribution is -2.43. The maximum absolute atomic E-state index is 12.5. The first-order chi connectivity index (χ1) is 9.20. The molecule has 1 aromatic rings. The van der Waals surface area contributed by atoms with Gasteiger partial charge in [-0.3, -0.25) is 4.79 Å². The lowest BCUT2D eigenvalue weighted by atomic mass is 10.4. The average Bonchev–Trinajstić information content (AvgIpc) is 2.65. The number of nitrogens with one attached hydrogen (secondary N) is 1. The van der Waals surface area contributed by atoms with Crippen molar-refractivity contribution in [2.45, 2.75) is 31.8 Å². The third-order valence-corrected chi connectivity index (χ3v) is 4.67. The van der Waals surface area contributed by atoms with Crippen LogP contribution in [0.2, 0.25) is 0 Å². The molecule has 3 N–H and O–H groups in total. The summed E-state index contributed by atoms with van der Waals surface area (Å²) in [6.45, 7) is 5.19. The number of amides is 1. The molecule has 0 spiro atoms. The molecule has 1 amide bonds. The number of imidazole rings is 1. The maximum Gasteiger partial charge on any atom is 0.262 e. The van der Waals surface area contributed by atoms with Gasteiger partial charge >= 0.3 is 0 Å². The summed E-state index contributed by atoms with van der Waals surface area (Å²) in [6.07, 6.45) is 1.32. The zero-order valence-corrected chi connectivity index (χ0v) is 12.9. The molecular weight excluding hydrogens is 282 g/mol. The molecule has 1 rings (SSSR count). The van der Waals surface area contributed by atoms with E-state index in [1.165, 1.54) is 17.9 Å². The summed E-state index contributed by atoms with van der Waals surface area (Å²) in [5.74, 6) is -0.429. The highest BCUT2D eigenvalue weighted by Gasteiger charge is 2.30. The third-order valence-electron chi connectivity index (χ3n) is 2.62. The van der Waals surface area contributed by atoms with E-state index in [1.807, 2.05) is 13.8 Å². The molecule has 0 radical (unpaired) electrons. The van der Waals surface area contributed by atoms with Crippen molar-refractivity contribution in [3.8, 4) is 0 Å². The molecule has 0 aliphatic heterocycles. The molecule has 0 unspecified atom stereocenters. The number of likely N-dealkylation sites (N-methyl/N-ethyl adjacent to an activating group) is 1. The highest BCUT2D eigenvalue weighted by atomic mass is 32.2. The molecule has 0 saturated heterocycles. The summed E-state index contributed by atoms with van der Waals surface area (Å²) in [7, 11) is -2.31. The van der Waals surface area contributed by atoms with Gasteiger partial charge in [-0.1, -0.05) is 6.92 Å². The predicted molar refractivity (Wildman–Crippen MR) is 75.3 cm³/mol. The summed E-state index contributed by atoms with van der Waals surface area (Å²) in [4.78, 5) is 15.5. The normalized spacial score (nSPS) is 12.1. The number of nitrogens with zero attached hydrogens (tertiary/aromatic N) is 3. The standard InChI is InChI=1S/C11H21N5O3S/c1-5-16(6-9(17)14-8(2)3)20(18,19)11-10(12)13-7-15(11)4/h7-8H,5-6,12H2,1-4H3,(H,14,17). The number of carbonyl (C=O) groups excluding carboxylic acids is 1. The van der Waals surface area contributed by atoms with Crippen LogP contribution in [-0.2, 0) is 21.9 Å². The van der Waals surface area contributed by atoms with Crippen molar-refractivity contribution in [1.29, 1.82) is 0 Å². The van der Waals surface area contributed by atoms with E-state index in [1.54, 1.807) is 6.92 Å². The zero-order chi connectivity index (χ0) is 15.5. The minimum atomic E-state index is -3.85. The molecule has 1 heterocycles. The lowest BCUT2D eigenvalue weighted by Gasteiger charge is -2.21. The first-order valence-electron chi connectivity index (χ1n) is 6.26. The van der Waals surface area contributed by atoms with E-state index in [4.69, 9.17) is 5.73 Å². The summed E-state index contributed by atoms with van der Waals surface area (Å²) in [5.41, 5.74) is 5.59. The van der Waals surface area contributed by atoms with Crippen molar-refractivity contribution in [1.82, 2.24) is 19.2 Å². The molecule has 0 atom stereocenters. The molecule has 0 saturated carbocycles. The second kappa shape index (κ2) is 6.23. The van der Waals surface area contributed by atoms with Gasteiger partial charge < -0.3 is 15.6 Å². The van der Waals surface area contributed by atoms with E-state index in [2.05, 4.69) is 10.3 Å². The predicted octanol–water partition coefficient (Wildman–Crippen LogP) is -0.462. The molecule has 0 aliphatic rings. The van der Waals surface area contributed by atoms with Crippen molar-refractivity contribution in [3.05, 3.63) is 6.33 Å². The number of anilines is 1. The number of rotatable bonds is 6. The SMILES string of the molecule is CCN(CC(=O)NC(C)C)S(=O)(=O)c1c(N)ncn1C. The van der Waals surface area contributed by atoms with Crippen molar-refractivity contribution >= 4 is 21.7 Å². The average molecular weight is 303 g/mol. The second-order valence-corrected chi connectivity index (χ2v) is 6.55. The van der Waals surface area contributed by atoms with Gasteiger partial charge in [0.25, 0.3) is 10.0 Å². The number of nitrogens with two attached hydrogens (primary N) is 1. The van der Waals surface area contributed by atoms with Crippen molar-refractivity contribution in [2.75, 3.05) is 18.8 Å². The van der Waals surface area contributed by atoms with Crippen molar-refractivity contribution < 1.29 is 13.2 Å². The van der Waals surface area contributed by atoms with Gasteiger partial charge in [0.05, 0.1) is 12.9 Å². The fraction of sp³-hybridized carbons (Fsp3) is 0.636. The summed E-state index contributed by atoms with van der Waals surface area (Å²) >= 11 is 0. The highest BCUT2D eigenvalue weighted by molar-refractivity contribution is 7.89. The Morgan fingerprint density at radius 3 is 2.55 bits per heavy atom. The quantitative estimate of drug-likeness (QED) is 0.738. The number of sulfonamides is 1. The lowest BCUT2D eigenvalue weighted by molar-refractivity contribution is -0.121. The van der Waals surface area contributed by atoms with E-state index in [0.29, 0.717) is 0 Å². The topological polar surface area (TPSA) is 110 Å². The van der Waals surface area contributed by atoms with Crippen LogP contribution in [0.3, 0.4) is 0 Å². The Hall–Kier alpha value is -1.61. The van der Waals surface area contributed by atoms with Gasteiger partial charge in [0.15, 0.2) is 10.8 Å². The van der Waals surface area contributed by atoms with Crippen LogP contribution in [0.4, 0.5) is 5.82 Å². The third kappa shape index (κ3) is 3.48. The van der Waals surface area contributed by atoms with E-state index in [9.17, 15) is 13.2 Å². The Kier molecular flexibility index (Phi) is 5.12. The Balaban J connectivity index is 3.03. The van der Waals surface area contributed by atoms with Gasteiger partial charge in [0.2, 0.25) is 5.91 Å². The molecule has 0 bridgehead atoms. The van der Waals surface area contributed by atoms with Gasteiger partial charge in [-0.05, 0) is 13.8 Å². The molecule has 9 heteroatoms. The summed E-state index contributed by atoms with van der Waals surface area (Å²) < 4.78 is 27.4. The van der Waals surface area contributed by atoms with Crippen LogP contribution >= 0.6 is 0 Å². The van der Waals surface area contributed by atoms with Crippen LogP contribution in [0.15, 0.2) is 11.4 Å². The molecule has 114 valence electrons. The number of hydrogen-bond donors (Lipinski definition) is 2. The molecule has 20 heavy (non-hydrogen) atoms. The molecule has 0 aromatic carbocycles. The van der Waals surface area contributed by atoms with E-state index in [0.717, 1.165) is 4.31 Å². The molecule has 0 fully saturated rings. The van der Waals surface area contributed by atoms with E-state index < -0.39 is 10.0 Å². The minimum Gasteiger partial charge on any atom is -0.381 e. The van der Waals surface area contributed by atoms with E-state index >= 15 is 0 Å². The van der Waals surface area contributed by atoms with Crippen LogP contribution in [0.1, 0.15) is 20.8 Å². The van der Waals surface area contributed by atoms with Crippen molar-refractivity contribution in [2.24, 2.45) is 7.05 Å². The molecule has 1 aromatic heterocycles. The van der Waals surface area contributed by atoms with Gasteiger partial charge in [-0.25, -0.2) is 13.4 Å². The van der Waals surface area contributed by atoms with Gasteiger partial charge in [0.1, 0.15) is 0 Å². The van der Waals surface area contributed by atoms with Crippen molar-refractivity contribution in [3.63, 3.8) is 0 Å². The van der Waals surface area contributed by atoms with Gasteiger partial charge in [-0.2, -0.15) is 4.31 Å². The highest BCUT2D eigenvalue weighted by Crippen LogP contribution is 2.20. The monoisotopic (exact) mass is 303 g/mol. The van der Waals surface area contributed by atoms with Gasteiger partial charge in [0, 0.05) is 19.6 Å². The van der Waals surface area contributed by atoms with Crippen LogP contribution in [-0.4, -0.2) is 47.3 Å². The van der Waals surface area contributed by atoms with Crippen LogP contribution in [0.25, 0.3) is 0 Å². The summed E-state index contributed by atoms with van der Waals surface area (Å²) in [5, 5.41) is 2.56. The number of carbonyl (C=O) groups is 1. The number of hydrogen-bond acceptors (Lipinski definition) is 5. The second-order valence-electron chi connectivity index (χ2n) is 4.70. The number of aromatic nitrogens is 2. The maximum atomic E-state index is 12.5. The first kappa shape index (κ1) is 16.4. The van der Waals surface area contributed by atoms with Gasteiger partial charge in [-0.15, -0.1) is 0 Å². The fourth-order valence-corrected chi connectivity index (χ4v) is 3.37. The zero-order valence-electron chi connectivity index (χ0n) is 12.1. The van der Waals surface area contributed by atoms with Crippen LogP contribution in [0.5, 0.6) is 0 Å². The summed E-state index contributed by atoms with van der Waals surface area (Å²) in [6, 6.07) is -0.0503. The Morgan fingerprint density at radius 2 is 2.15 bits per heavy atom. The molecular formula is C11H21N5O3S. The molecule has 8 nitrogen and oxygen atoms in total. The van der Waals surface area contributed by atoms with E-state index in [-0.39, 0.29) is 35.9 Å². The number of nitrogen functional groups attached to an aromatic ring is 1. The Morgan fingerprint density at radius 1 is 1.55 bits per heavy atom.